The molecule has 0 unspecified atom stereocenters. The Balaban J connectivity index is 1.73. The summed E-state index contributed by atoms with van der Waals surface area (Å²) < 4.78 is 37.3. The SMILES string of the molecule is CS(=O)(=O)Nc1cc(OCC2=NCCN2)ccc1OCc1ccccc1. The Morgan fingerprint density at radius 3 is 2.62 bits per heavy atom. The molecule has 1 aliphatic rings. The van der Waals surface area contributed by atoms with Gasteiger partial charge in [0, 0.05) is 12.6 Å². The molecule has 1 aliphatic heterocycles. The van der Waals surface area contributed by atoms with Crippen LogP contribution in [0.3, 0.4) is 0 Å². The fourth-order valence-electron chi connectivity index (χ4n) is 2.43. The predicted molar refractivity (Wildman–Crippen MR) is 101 cm³/mol. The van der Waals surface area contributed by atoms with Gasteiger partial charge >= 0.3 is 0 Å². The van der Waals surface area contributed by atoms with E-state index in [9.17, 15) is 8.42 Å². The number of aliphatic imine (C=N–C) groups is 1. The molecule has 2 aromatic carbocycles. The number of amidine groups is 1. The molecule has 8 heteroatoms. The normalized spacial score (nSPS) is 13.7. The maximum atomic E-state index is 11.7. The monoisotopic (exact) mass is 375 g/mol. The lowest BCUT2D eigenvalue weighted by molar-refractivity contribution is 0.307. The van der Waals surface area contributed by atoms with Gasteiger partial charge in [-0.2, -0.15) is 0 Å². The molecule has 2 N–H and O–H groups in total. The first-order valence-corrected chi connectivity index (χ1v) is 10.1. The van der Waals surface area contributed by atoms with E-state index in [-0.39, 0.29) is 0 Å². The van der Waals surface area contributed by atoms with E-state index in [0.717, 1.165) is 30.7 Å². The van der Waals surface area contributed by atoms with Gasteiger partial charge in [0.2, 0.25) is 10.0 Å². The van der Waals surface area contributed by atoms with Crippen LogP contribution in [0.5, 0.6) is 11.5 Å². The van der Waals surface area contributed by atoms with E-state index in [1.807, 2.05) is 30.3 Å². The van der Waals surface area contributed by atoms with E-state index in [1.165, 1.54) is 0 Å². The fraction of sp³-hybridized carbons (Fsp3) is 0.278. The third-order valence-electron chi connectivity index (χ3n) is 3.60. The van der Waals surface area contributed by atoms with Crippen LogP contribution in [0.15, 0.2) is 53.5 Å². The summed E-state index contributed by atoms with van der Waals surface area (Å²) in [4.78, 5) is 4.26. The molecule has 0 aliphatic carbocycles. The minimum Gasteiger partial charge on any atom is -0.487 e. The fourth-order valence-corrected chi connectivity index (χ4v) is 2.99. The molecule has 0 atom stereocenters. The molecular weight excluding hydrogens is 354 g/mol. The number of anilines is 1. The zero-order chi connectivity index (χ0) is 18.4. The summed E-state index contributed by atoms with van der Waals surface area (Å²) in [5.74, 6) is 1.74. The Labute approximate surface area is 153 Å². The summed E-state index contributed by atoms with van der Waals surface area (Å²) in [6.07, 6.45) is 1.10. The third kappa shape index (κ3) is 5.38. The zero-order valence-corrected chi connectivity index (χ0v) is 15.3. The summed E-state index contributed by atoms with van der Waals surface area (Å²) in [6, 6.07) is 14.7. The topological polar surface area (TPSA) is 89.0 Å². The second-order valence-electron chi connectivity index (χ2n) is 5.85. The summed E-state index contributed by atoms with van der Waals surface area (Å²) in [6.45, 7) is 2.19. The number of sulfonamides is 1. The summed E-state index contributed by atoms with van der Waals surface area (Å²) in [5, 5.41) is 3.12. The van der Waals surface area contributed by atoms with Crippen molar-refractivity contribution in [3.8, 4) is 11.5 Å². The molecule has 26 heavy (non-hydrogen) atoms. The van der Waals surface area contributed by atoms with E-state index >= 15 is 0 Å². The van der Waals surface area contributed by atoms with Gasteiger partial charge < -0.3 is 14.8 Å². The lowest BCUT2D eigenvalue weighted by Gasteiger charge is -2.14. The van der Waals surface area contributed by atoms with Crippen LogP contribution in [-0.4, -0.2) is 40.2 Å². The predicted octanol–water partition coefficient (Wildman–Crippen LogP) is 2.02. The van der Waals surface area contributed by atoms with Crippen molar-refractivity contribution in [2.24, 2.45) is 4.99 Å². The van der Waals surface area contributed by atoms with Crippen LogP contribution in [0.4, 0.5) is 5.69 Å². The van der Waals surface area contributed by atoms with Crippen LogP contribution in [0.2, 0.25) is 0 Å². The average molecular weight is 375 g/mol. The molecular formula is C18H21N3O4S. The van der Waals surface area contributed by atoms with Crippen molar-refractivity contribution in [2.45, 2.75) is 6.61 Å². The van der Waals surface area contributed by atoms with Gasteiger partial charge in [-0.1, -0.05) is 30.3 Å². The molecule has 1 heterocycles. The van der Waals surface area contributed by atoms with Gasteiger partial charge in [0.05, 0.1) is 18.5 Å². The standard InChI is InChI=1S/C18H21N3O4S/c1-26(22,23)21-16-11-15(24-13-18-19-9-10-20-18)7-8-17(16)25-12-14-5-3-2-4-6-14/h2-8,11,21H,9-10,12-13H2,1H3,(H,19,20). The molecule has 0 bridgehead atoms. The van der Waals surface area contributed by atoms with Gasteiger partial charge in [0.25, 0.3) is 0 Å². The van der Waals surface area contributed by atoms with Crippen LogP contribution in [0.25, 0.3) is 0 Å². The molecule has 0 fully saturated rings. The Kier molecular flexibility index (Phi) is 5.62. The highest BCUT2D eigenvalue weighted by molar-refractivity contribution is 7.92. The molecule has 3 rings (SSSR count). The van der Waals surface area contributed by atoms with Gasteiger partial charge in [0.1, 0.15) is 30.5 Å². The van der Waals surface area contributed by atoms with E-state index in [2.05, 4.69) is 15.0 Å². The van der Waals surface area contributed by atoms with Crippen LogP contribution >= 0.6 is 0 Å². The Bertz CT molecular complexity index is 883. The van der Waals surface area contributed by atoms with Crippen LogP contribution in [-0.2, 0) is 16.6 Å². The minimum absolute atomic E-state index is 0.308. The number of nitrogens with one attached hydrogen (secondary N) is 2. The maximum absolute atomic E-state index is 11.7. The molecule has 0 saturated carbocycles. The average Bonchev–Trinajstić information content (AvgIpc) is 3.12. The van der Waals surface area contributed by atoms with Crippen LogP contribution < -0.4 is 19.5 Å². The molecule has 7 nitrogen and oxygen atoms in total. The lowest BCUT2D eigenvalue weighted by atomic mass is 10.2. The van der Waals surface area contributed by atoms with Crippen molar-refractivity contribution in [3.05, 3.63) is 54.1 Å². The summed E-state index contributed by atoms with van der Waals surface area (Å²) >= 11 is 0. The van der Waals surface area contributed by atoms with E-state index < -0.39 is 10.0 Å². The zero-order valence-electron chi connectivity index (χ0n) is 14.4. The van der Waals surface area contributed by atoms with Crippen molar-refractivity contribution < 1.29 is 17.9 Å². The maximum Gasteiger partial charge on any atom is 0.229 e. The number of benzene rings is 2. The highest BCUT2D eigenvalue weighted by Gasteiger charge is 2.12. The number of hydrogen-bond donors (Lipinski definition) is 2. The van der Waals surface area contributed by atoms with E-state index in [1.54, 1.807) is 18.2 Å². The number of ether oxygens (including phenoxy) is 2. The van der Waals surface area contributed by atoms with Crippen LogP contribution in [0, 0.1) is 0 Å². The summed E-state index contributed by atoms with van der Waals surface area (Å²) in [7, 11) is -3.45. The smallest absolute Gasteiger partial charge is 0.229 e. The number of rotatable bonds is 8. The second kappa shape index (κ2) is 8.09. The molecule has 138 valence electrons. The quantitative estimate of drug-likeness (QED) is 0.737. The van der Waals surface area contributed by atoms with Crippen molar-refractivity contribution >= 4 is 21.5 Å². The first-order valence-electron chi connectivity index (χ1n) is 8.18. The largest absolute Gasteiger partial charge is 0.487 e. The van der Waals surface area contributed by atoms with Gasteiger partial charge in [0.15, 0.2) is 0 Å². The first-order chi connectivity index (χ1) is 12.5. The Morgan fingerprint density at radius 2 is 1.92 bits per heavy atom. The molecule has 0 saturated heterocycles. The third-order valence-corrected chi connectivity index (χ3v) is 4.19. The number of nitrogens with zero attached hydrogens (tertiary/aromatic N) is 1. The van der Waals surface area contributed by atoms with Gasteiger partial charge in [-0.25, -0.2) is 8.42 Å². The van der Waals surface area contributed by atoms with Gasteiger partial charge in [-0.05, 0) is 17.7 Å². The molecule has 0 radical (unpaired) electrons. The Hall–Kier alpha value is -2.74. The van der Waals surface area contributed by atoms with Gasteiger partial charge in [-0.3, -0.25) is 9.71 Å². The molecule has 2 aromatic rings. The summed E-state index contributed by atoms with van der Waals surface area (Å²) in [5.41, 5.74) is 1.32. The van der Waals surface area contributed by atoms with Crippen LogP contribution in [0.1, 0.15) is 5.56 Å². The van der Waals surface area contributed by atoms with Gasteiger partial charge in [-0.15, -0.1) is 0 Å². The van der Waals surface area contributed by atoms with Crippen molar-refractivity contribution in [3.63, 3.8) is 0 Å². The number of hydrogen-bond acceptors (Lipinski definition) is 6. The first kappa shape index (κ1) is 18.1. The highest BCUT2D eigenvalue weighted by atomic mass is 32.2. The van der Waals surface area contributed by atoms with Crippen molar-refractivity contribution in [1.29, 1.82) is 0 Å². The highest BCUT2D eigenvalue weighted by Crippen LogP contribution is 2.30. The lowest BCUT2D eigenvalue weighted by Crippen LogP contribution is -2.24. The molecule has 0 spiro atoms. The second-order valence-corrected chi connectivity index (χ2v) is 7.60. The van der Waals surface area contributed by atoms with Crippen molar-refractivity contribution in [2.75, 3.05) is 30.7 Å². The minimum atomic E-state index is -3.45. The van der Waals surface area contributed by atoms with E-state index in [0.29, 0.717) is 30.4 Å². The van der Waals surface area contributed by atoms with E-state index in [4.69, 9.17) is 9.47 Å². The molecule has 0 aromatic heterocycles. The van der Waals surface area contributed by atoms with Crippen molar-refractivity contribution in [1.82, 2.24) is 5.32 Å². The Morgan fingerprint density at radius 1 is 1.12 bits per heavy atom. The molecule has 0 amide bonds.